The van der Waals surface area contributed by atoms with Gasteiger partial charge in [0.25, 0.3) is 0 Å². The Morgan fingerprint density at radius 3 is 2.18 bits per heavy atom. The zero-order valence-corrected chi connectivity index (χ0v) is 13.3. The number of likely N-dealkylation sites (N-methyl/N-ethyl adjacent to an activating group) is 1. The molecule has 2 amide bonds. The number of carbonyl (C=O) groups is 2. The first-order chi connectivity index (χ1) is 10.6. The summed E-state index contributed by atoms with van der Waals surface area (Å²) in [5.41, 5.74) is 0. The van der Waals surface area contributed by atoms with E-state index in [1.54, 1.807) is 7.05 Å². The molecule has 5 fully saturated rings. The lowest BCUT2D eigenvalue weighted by Crippen LogP contribution is -2.60. The summed E-state index contributed by atoms with van der Waals surface area (Å²) in [5.74, 6) is 3.66. The highest BCUT2D eigenvalue weighted by Gasteiger charge is 2.52. The Bertz CT molecular complexity index is 445. The molecule has 1 N–H and O–H groups in total. The van der Waals surface area contributed by atoms with Gasteiger partial charge in [-0.3, -0.25) is 9.59 Å². The van der Waals surface area contributed by atoms with Gasteiger partial charge in [-0.1, -0.05) is 0 Å². The van der Waals surface area contributed by atoms with Gasteiger partial charge in [-0.15, -0.1) is 0 Å². The van der Waals surface area contributed by atoms with Crippen LogP contribution in [0, 0.1) is 29.6 Å². The minimum absolute atomic E-state index is 0.0399. The van der Waals surface area contributed by atoms with Gasteiger partial charge in [-0.25, -0.2) is 0 Å². The molecular weight excluding hydrogens is 280 g/mol. The van der Waals surface area contributed by atoms with Crippen molar-refractivity contribution in [1.82, 2.24) is 10.2 Å². The fourth-order valence-electron chi connectivity index (χ4n) is 5.53. The van der Waals surface area contributed by atoms with Crippen LogP contribution in [0.2, 0.25) is 0 Å². The second-order valence-corrected chi connectivity index (χ2v) is 7.81. The van der Waals surface area contributed by atoms with Gasteiger partial charge in [0, 0.05) is 26.1 Å². The van der Waals surface area contributed by atoms with Crippen LogP contribution in [0.1, 0.15) is 32.1 Å². The third kappa shape index (κ3) is 2.43. The molecule has 5 rings (SSSR count). The number of amides is 2. The van der Waals surface area contributed by atoms with Crippen LogP contribution in [0.4, 0.5) is 0 Å². The number of likely N-dealkylation sites (tertiary alicyclic amines) is 1. The molecule has 22 heavy (non-hydrogen) atoms. The fourth-order valence-corrected chi connectivity index (χ4v) is 5.53. The minimum Gasteiger partial charge on any atom is -0.365 e. The molecule has 5 aliphatic rings. The van der Waals surface area contributed by atoms with Crippen molar-refractivity contribution in [2.45, 2.75) is 38.2 Å². The van der Waals surface area contributed by atoms with E-state index in [4.69, 9.17) is 4.74 Å². The summed E-state index contributed by atoms with van der Waals surface area (Å²) in [6.07, 6.45) is 6.61. The molecule has 1 saturated heterocycles. The molecule has 122 valence electrons. The van der Waals surface area contributed by atoms with Crippen LogP contribution in [-0.4, -0.2) is 49.6 Å². The van der Waals surface area contributed by atoms with Crippen molar-refractivity contribution in [3.8, 4) is 0 Å². The van der Waals surface area contributed by atoms with Crippen LogP contribution in [0.5, 0.6) is 0 Å². The van der Waals surface area contributed by atoms with E-state index in [-0.39, 0.29) is 24.5 Å². The molecule has 0 spiro atoms. The van der Waals surface area contributed by atoms with Gasteiger partial charge in [-0.05, 0) is 55.8 Å². The molecule has 0 aromatic heterocycles. The van der Waals surface area contributed by atoms with E-state index in [1.165, 1.54) is 32.1 Å². The fraction of sp³-hybridized carbons (Fsp3) is 0.882. The summed E-state index contributed by atoms with van der Waals surface area (Å²) >= 11 is 0. The quantitative estimate of drug-likeness (QED) is 0.844. The molecule has 5 nitrogen and oxygen atoms in total. The first kappa shape index (κ1) is 14.5. The topological polar surface area (TPSA) is 58.6 Å². The maximum Gasteiger partial charge on any atom is 0.245 e. The monoisotopic (exact) mass is 306 g/mol. The molecule has 1 heterocycles. The van der Waals surface area contributed by atoms with Crippen molar-refractivity contribution in [3.63, 3.8) is 0 Å². The molecule has 0 aromatic rings. The van der Waals surface area contributed by atoms with Crippen LogP contribution in [0.15, 0.2) is 0 Å². The number of nitrogens with one attached hydrogen (secondary N) is 1. The summed E-state index contributed by atoms with van der Waals surface area (Å²) in [6, 6.07) is 0. The van der Waals surface area contributed by atoms with Crippen LogP contribution < -0.4 is 5.32 Å². The molecule has 4 saturated carbocycles. The normalized spacial score (nSPS) is 39.7. The van der Waals surface area contributed by atoms with Gasteiger partial charge >= 0.3 is 0 Å². The first-order valence-corrected chi connectivity index (χ1v) is 8.75. The predicted molar refractivity (Wildman–Crippen MR) is 80.9 cm³/mol. The number of carbonyl (C=O) groups excluding carboxylic acids is 2. The van der Waals surface area contributed by atoms with Crippen molar-refractivity contribution in [2.24, 2.45) is 29.6 Å². The van der Waals surface area contributed by atoms with E-state index >= 15 is 0 Å². The van der Waals surface area contributed by atoms with Crippen molar-refractivity contribution < 1.29 is 14.3 Å². The second kappa shape index (κ2) is 5.52. The molecule has 5 heteroatoms. The molecule has 1 aliphatic heterocycles. The number of hydrogen-bond donors (Lipinski definition) is 1. The Balaban J connectivity index is 1.30. The summed E-state index contributed by atoms with van der Waals surface area (Å²) in [7, 11) is 1.61. The average molecular weight is 306 g/mol. The smallest absolute Gasteiger partial charge is 0.245 e. The van der Waals surface area contributed by atoms with E-state index in [9.17, 15) is 9.59 Å². The molecular formula is C17H26N2O3. The lowest BCUT2D eigenvalue weighted by Gasteiger charge is -2.55. The van der Waals surface area contributed by atoms with E-state index in [0.29, 0.717) is 30.8 Å². The average Bonchev–Trinajstić information content (AvgIpc) is 2.44. The number of nitrogens with zero attached hydrogens (tertiary/aromatic N) is 1. The standard InChI is InChI=1S/C17H26N2O3/c1-18-15(20)9-22-14-7-19(8-14)17(21)16-12-3-10-2-11(5-12)6-13(16)4-10/h10-14,16H,2-9H2,1H3,(H,18,20). The van der Waals surface area contributed by atoms with Crippen molar-refractivity contribution in [1.29, 1.82) is 0 Å². The Kier molecular flexibility index (Phi) is 3.63. The largest absolute Gasteiger partial charge is 0.365 e. The van der Waals surface area contributed by atoms with E-state index in [2.05, 4.69) is 5.32 Å². The van der Waals surface area contributed by atoms with Crippen LogP contribution >= 0.6 is 0 Å². The maximum atomic E-state index is 12.8. The lowest BCUT2D eigenvalue weighted by atomic mass is 9.51. The SMILES string of the molecule is CNC(=O)COC1CN(C(=O)C2C3CC4CC(C3)CC2C4)C1. The first-order valence-electron chi connectivity index (χ1n) is 8.75. The lowest BCUT2D eigenvalue weighted by molar-refractivity contribution is -0.162. The number of hydrogen-bond acceptors (Lipinski definition) is 3. The highest BCUT2D eigenvalue weighted by atomic mass is 16.5. The van der Waals surface area contributed by atoms with Crippen LogP contribution in [-0.2, 0) is 14.3 Å². The minimum atomic E-state index is -0.106. The van der Waals surface area contributed by atoms with Crippen LogP contribution in [0.3, 0.4) is 0 Å². The van der Waals surface area contributed by atoms with Gasteiger partial charge in [0.2, 0.25) is 11.8 Å². The van der Waals surface area contributed by atoms with Gasteiger partial charge in [-0.2, -0.15) is 0 Å². The summed E-state index contributed by atoms with van der Waals surface area (Å²) < 4.78 is 5.51. The highest BCUT2D eigenvalue weighted by molar-refractivity contribution is 5.81. The Morgan fingerprint density at radius 2 is 1.64 bits per heavy atom. The van der Waals surface area contributed by atoms with E-state index in [1.807, 2.05) is 4.90 Å². The predicted octanol–water partition coefficient (Wildman–Crippen LogP) is 1.03. The molecule has 0 unspecified atom stereocenters. The molecule has 0 aromatic carbocycles. The number of ether oxygens (including phenoxy) is 1. The highest BCUT2D eigenvalue weighted by Crippen LogP contribution is 2.57. The van der Waals surface area contributed by atoms with E-state index < -0.39 is 0 Å². The molecule has 4 bridgehead atoms. The third-order valence-electron chi connectivity index (χ3n) is 6.40. The van der Waals surface area contributed by atoms with Crippen molar-refractivity contribution in [2.75, 3.05) is 26.7 Å². The molecule has 4 aliphatic carbocycles. The van der Waals surface area contributed by atoms with Gasteiger partial charge in [0.1, 0.15) is 6.61 Å². The number of rotatable bonds is 4. The van der Waals surface area contributed by atoms with Gasteiger partial charge in [0.05, 0.1) is 6.10 Å². The maximum absolute atomic E-state index is 12.8. The Morgan fingerprint density at radius 1 is 1.05 bits per heavy atom. The van der Waals surface area contributed by atoms with Gasteiger partial charge in [0.15, 0.2) is 0 Å². The summed E-state index contributed by atoms with van der Waals surface area (Å²) in [5, 5.41) is 2.54. The van der Waals surface area contributed by atoms with Gasteiger partial charge < -0.3 is 15.0 Å². The zero-order chi connectivity index (χ0) is 15.3. The van der Waals surface area contributed by atoms with Crippen molar-refractivity contribution >= 4 is 11.8 Å². The zero-order valence-electron chi connectivity index (χ0n) is 13.3. The van der Waals surface area contributed by atoms with Crippen LogP contribution in [0.25, 0.3) is 0 Å². The molecule has 0 radical (unpaired) electrons. The third-order valence-corrected chi connectivity index (χ3v) is 6.40. The summed E-state index contributed by atoms with van der Waals surface area (Å²) in [4.78, 5) is 26.0. The second-order valence-electron chi connectivity index (χ2n) is 7.81. The van der Waals surface area contributed by atoms with Crippen molar-refractivity contribution in [3.05, 3.63) is 0 Å². The summed E-state index contributed by atoms with van der Waals surface area (Å²) in [6.45, 7) is 1.43. The van der Waals surface area contributed by atoms with E-state index in [0.717, 1.165) is 11.8 Å². The Labute approximate surface area is 131 Å². The Hall–Kier alpha value is -1.10. The molecule has 0 atom stereocenters.